The van der Waals surface area contributed by atoms with Crippen molar-refractivity contribution in [3.63, 3.8) is 0 Å². The molecule has 2 nitrogen and oxygen atoms in total. The first-order chi connectivity index (χ1) is 10.3. The molecule has 2 aromatic carbocycles. The fraction of sp³-hybridized carbons (Fsp3) is 0.333. The van der Waals surface area contributed by atoms with Gasteiger partial charge in [0.15, 0.2) is 0 Å². The van der Waals surface area contributed by atoms with E-state index in [0.29, 0.717) is 5.02 Å². The van der Waals surface area contributed by atoms with E-state index in [9.17, 15) is 0 Å². The van der Waals surface area contributed by atoms with E-state index in [2.05, 4.69) is 45.9 Å². The number of rotatable bonds is 2. The van der Waals surface area contributed by atoms with Crippen LogP contribution in [0, 0.1) is 0 Å². The summed E-state index contributed by atoms with van der Waals surface area (Å²) in [4.78, 5) is 0. The Bertz CT molecular complexity index is 667. The van der Waals surface area contributed by atoms with Gasteiger partial charge in [-0.15, -0.1) is 0 Å². The molecule has 114 valence electrons. The van der Waals surface area contributed by atoms with E-state index in [1.165, 1.54) is 0 Å². The molecule has 0 aliphatic carbocycles. The Balaban J connectivity index is 1.98. The molecule has 2 aromatic rings. The Labute approximate surface area is 137 Å². The van der Waals surface area contributed by atoms with Crippen molar-refractivity contribution in [1.29, 1.82) is 0 Å². The molecule has 1 aliphatic rings. The third-order valence-electron chi connectivity index (χ3n) is 4.55. The minimum absolute atomic E-state index is 0.354. The van der Waals surface area contributed by atoms with Crippen LogP contribution in [-0.4, -0.2) is 18.3 Å². The molecular weight excluding hydrogens is 294 g/mol. The van der Waals surface area contributed by atoms with Gasteiger partial charge in [-0.2, -0.15) is 0 Å². The highest BCUT2D eigenvalue weighted by Crippen LogP contribution is 2.37. The van der Waals surface area contributed by atoms with Crippen molar-refractivity contribution in [2.45, 2.75) is 38.9 Å². The van der Waals surface area contributed by atoms with Gasteiger partial charge in [-0.3, -0.25) is 0 Å². The molecule has 0 aromatic heterocycles. The Morgan fingerprint density at radius 1 is 0.818 bits per heavy atom. The summed E-state index contributed by atoms with van der Waals surface area (Å²) < 4.78 is 12.2. The number of hydrogen-bond acceptors (Lipinski definition) is 2. The summed E-state index contributed by atoms with van der Waals surface area (Å²) >= 11 is 6.31. The predicted octanol–water partition coefficient (Wildman–Crippen LogP) is 4.31. The van der Waals surface area contributed by atoms with Gasteiger partial charge < -0.3 is 9.31 Å². The Hall–Kier alpha value is -1.29. The van der Waals surface area contributed by atoms with Crippen LogP contribution in [0.15, 0.2) is 48.5 Å². The molecule has 4 heteroatoms. The first kappa shape index (κ1) is 15.6. The lowest BCUT2D eigenvalue weighted by Gasteiger charge is -2.32. The lowest BCUT2D eigenvalue weighted by molar-refractivity contribution is 0.00578. The lowest BCUT2D eigenvalue weighted by atomic mass is 9.78. The van der Waals surface area contributed by atoms with Crippen LogP contribution >= 0.6 is 11.6 Å². The number of hydrogen-bond donors (Lipinski definition) is 0. The summed E-state index contributed by atoms with van der Waals surface area (Å²) in [6.07, 6.45) is 0. The van der Waals surface area contributed by atoms with Gasteiger partial charge in [0, 0.05) is 5.02 Å². The van der Waals surface area contributed by atoms with Crippen molar-refractivity contribution in [3.05, 3.63) is 53.6 Å². The first-order valence-corrected chi connectivity index (χ1v) is 7.88. The summed E-state index contributed by atoms with van der Waals surface area (Å²) in [5.74, 6) is 0. The summed E-state index contributed by atoms with van der Waals surface area (Å²) in [6, 6.07) is 16.1. The first-order valence-electron chi connectivity index (χ1n) is 7.50. The molecule has 1 saturated heterocycles. The highest BCUT2D eigenvalue weighted by Gasteiger charge is 2.51. The molecule has 0 spiro atoms. The molecule has 1 fully saturated rings. The number of benzene rings is 2. The molecule has 0 atom stereocenters. The third-order valence-corrected chi connectivity index (χ3v) is 4.77. The zero-order valence-electron chi connectivity index (χ0n) is 13.4. The molecule has 0 bridgehead atoms. The van der Waals surface area contributed by atoms with Gasteiger partial charge >= 0.3 is 7.12 Å². The number of halogens is 1. The van der Waals surface area contributed by atoms with Gasteiger partial charge in [-0.25, -0.2) is 0 Å². The fourth-order valence-electron chi connectivity index (χ4n) is 2.52. The van der Waals surface area contributed by atoms with Crippen LogP contribution in [0.1, 0.15) is 27.7 Å². The third kappa shape index (κ3) is 2.81. The smallest absolute Gasteiger partial charge is 0.399 e. The van der Waals surface area contributed by atoms with Gasteiger partial charge in [-0.1, -0.05) is 48.0 Å². The molecule has 3 rings (SSSR count). The van der Waals surface area contributed by atoms with Gasteiger partial charge in [0.05, 0.1) is 11.2 Å². The van der Waals surface area contributed by atoms with Gasteiger partial charge in [0.25, 0.3) is 0 Å². The molecule has 1 heterocycles. The summed E-state index contributed by atoms with van der Waals surface area (Å²) in [5.41, 5.74) is 2.44. The van der Waals surface area contributed by atoms with E-state index >= 15 is 0 Å². The van der Waals surface area contributed by atoms with Gasteiger partial charge in [0.2, 0.25) is 0 Å². The van der Waals surface area contributed by atoms with E-state index < -0.39 is 7.12 Å². The monoisotopic (exact) mass is 314 g/mol. The van der Waals surface area contributed by atoms with Crippen LogP contribution in [0.5, 0.6) is 0 Å². The Kier molecular flexibility index (Phi) is 3.84. The van der Waals surface area contributed by atoms with Gasteiger partial charge in [-0.05, 0) is 56.4 Å². The van der Waals surface area contributed by atoms with E-state index in [1.54, 1.807) is 0 Å². The van der Waals surface area contributed by atoms with E-state index in [4.69, 9.17) is 20.9 Å². The summed E-state index contributed by atoms with van der Waals surface area (Å²) in [5, 5.41) is 0.686. The standard InChI is InChI=1S/C18H20BClO2/c1-17(2)18(3,4)22-19(21-17)15-10-14(11-16(20)12-15)13-8-6-5-7-9-13/h5-12H,1-4H3. The summed E-state index contributed by atoms with van der Waals surface area (Å²) in [7, 11) is -0.397. The quantitative estimate of drug-likeness (QED) is 0.769. The van der Waals surface area contributed by atoms with Crippen molar-refractivity contribution in [2.75, 3.05) is 0 Å². The highest BCUT2D eigenvalue weighted by molar-refractivity contribution is 6.62. The van der Waals surface area contributed by atoms with Crippen molar-refractivity contribution < 1.29 is 9.31 Å². The lowest BCUT2D eigenvalue weighted by Crippen LogP contribution is -2.41. The zero-order valence-corrected chi connectivity index (χ0v) is 14.1. The van der Waals surface area contributed by atoms with E-state index in [1.807, 2.05) is 30.3 Å². The van der Waals surface area contributed by atoms with Crippen molar-refractivity contribution >= 4 is 24.2 Å². The summed E-state index contributed by atoms with van der Waals surface area (Å²) in [6.45, 7) is 8.20. The Morgan fingerprint density at radius 3 is 2.00 bits per heavy atom. The Morgan fingerprint density at radius 2 is 1.41 bits per heavy atom. The maximum atomic E-state index is 6.31. The van der Waals surface area contributed by atoms with Crippen LogP contribution in [-0.2, 0) is 9.31 Å². The van der Waals surface area contributed by atoms with Crippen molar-refractivity contribution in [2.24, 2.45) is 0 Å². The molecule has 0 amide bonds. The maximum Gasteiger partial charge on any atom is 0.494 e. The fourth-order valence-corrected chi connectivity index (χ4v) is 2.77. The van der Waals surface area contributed by atoms with Crippen LogP contribution in [0.2, 0.25) is 5.02 Å². The molecule has 1 aliphatic heterocycles. The van der Waals surface area contributed by atoms with E-state index in [0.717, 1.165) is 16.6 Å². The second-order valence-corrected chi connectivity index (χ2v) is 7.16. The molecule has 0 radical (unpaired) electrons. The molecule has 0 unspecified atom stereocenters. The van der Waals surface area contributed by atoms with Crippen LogP contribution in [0.3, 0.4) is 0 Å². The molecule has 0 saturated carbocycles. The maximum absolute atomic E-state index is 6.31. The second-order valence-electron chi connectivity index (χ2n) is 6.73. The molecule has 22 heavy (non-hydrogen) atoms. The van der Waals surface area contributed by atoms with E-state index in [-0.39, 0.29) is 11.2 Å². The highest BCUT2D eigenvalue weighted by atomic mass is 35.5. The minimum atomic E-state index is -0.397. The van der Waals surface area contributed by atoms with Crippen LogP contribution in [0.4, 0.5) is 0 Å². The predicted molar refractivity (Wildman–Crippen MR) is 92.6 cm³/mol. The molecule has 0 N–H and O–H groups in total. The zero-order chi connectivity index (χ0) is 16.0. The van der Waals surface area contributed by atoms with Gasteiger partial charge in [0.1, 0.15) is 0 Å². The second kappa shape index (κ2) is 5.41. The minimum Gasteiger partial charge on any atom is -0.399 e. The molecular formula is C18H20BClO2. The largest absolute Gasteiger partial charge is 0.494 e. The SMILES string of the molecule is CC1(C)OB(c2cc(Cl)cc(-c3ccccc3)c2)OC1(C)C. The van der Waals surface area contributed by atoms with Crippen LogP contribution < -0.4 is 5.46 Å². The average Bonchev–Trinajstić information content (AvgIpc) is 2.68. The topological polar surface area (TPSA) is 18.5 Å². The average molecular weight is 315 g/mol. The normalized spacial score (nSPS) is 19.4. The van der Waals surface area contributed by atoms with Crippen LogP contribution in [0.25, 0.3) is 11.1 Å². The van der Waals surface area contributed by atoms with Crippen molar-refractivity contribution in [3.8, 4) is 11.1 Å². The van der Waals surface area contributed by atoms with Crippen molar-refractivity contribution in [1.82, 2.24) is 0 Å².